The lowest BCUT2D eigenvalue weighted by atomic mass is 10.2. The molecule has 0 atom stereocenters. The van der Waals surface area contributed by atoms with Crippen molar-refractivity contribution < 1.29 is 13.6 Å². The van der Waals surface area contributed by atoms with Crippen molar-refractivity contribution in [2.75, 3.05) is 5.32 Å². The van der Waals surface area contributed by atoms with Gasteiger partial charge in [0.1, 0.15) is 0 Å². The van der Waals surface area contributed by atoms with E-state index in [1.807, 2.05) is 6.92 Å². The van der Waals surface area contributed by atoms with Gasteiger partial charge in [0, 0.05) is 18.0 Å². The molecule has 7 heteroatoms. The number of amides is 1. The Morgan fingerprint density at radius 3 is 2.94 bits per heavy atom. The third-order valence-electron chi connectivity index (χ3n) is 2.34. The molecule has 0 saturated carbocycles. The van der Waals surface area contributed by atoms with Crippen molar-refractivity contribution in [3.63, 3.8) is 0 Å². The van der Waals surface area contributed by atoms with E-state index in [-0.39, 0.29) is 5.82 Å². The summed E-state index contributed by atoms with van der Waals surface area (Å²) in [4.78, 5) is 14.8. The lowest BCUT2D eigenvalue weighted by Crippen LogP contribution is -2.15. The number of anilines is 1. The molecule has 2 aromatic heterocycles. The lowest BCUT2D eigenvalue weighted by Gasteiger charge is -2.02. The molecule has 0 bridgehead atoms. The number of hydrogen-bond acceptors (Lipinski definition) is 3. The number of halogens is 2. The molecule has 1 amide bonds. The molecule has 0 aliphatic carbocycles. The zero-order chi connectivity index (χ0) is 13.1. The Bertz CT molecular complexity index is 582. The first-order chi connectivity index (χ1) is 8.61. The molecule has 18 heavy (non-hydrogen) atoms. The van der Waals surface area contributed by atoms with Gasteiger partial charge in [-0.2, -0.15) is 9.49 Å². The molecule has 0 aliphatic heterocycles. The predicted molar refractivity (Wildman–Crippen MR) is 60.1 cm³/mol. The summed E-state index contributed by atoms with van der Waals surface area (Å²) >= 11 is 0. The highest BCUT2D eigenvalue weighted by molar-refractivity contribution is 6.03. The summed E-state index contributed by atoms with van der Waals surface area (Å²) in [6, 6.07) is 2.72. The highest BCUT2D eigenvalue weighted by Crippen LogP contribution is 2.12. The van der Waals surface area contributed by atoms with E-state index in [1.54, 1.807) is 6.07 Å². The van der Waals surface area contributed by atoms with Crippen LogP contribution in [0.2, 0.25) is 0 Å². The Kier molecular flexibility index (Phi) is 3.31. The van der Waals surface area contributed by atoms with Crippen LogP contribution in [0.4, 0.5) is 14.6 Å². The molecule has 2 N–H and O–H groups in total. The minimum Gasteiger partial charge on any atom is -0.305 e. The molecule has 5 nitrogen and oxygen atoms in total. The van der Waals surface area contributed by atoms with Crippen LogP contribution < -0.4 is 5.32 Å². The molecular weight excluding hydrogens is 242 g/mol. The van der Waals surface area contributed by atoms with Gasteiger partial charge in [-0.15, -0.1) is 0 Å². The summed E-state index contributed by atoms with van der Waals surface area (Å²) in [5, 5.41) is 8.87. The van der Waals surface area contributed by atoms with Crippen LogP contribution >= 0.6 is 0 Å². The van der Waals surface area contributed by atoms with Crippen LogP contribution in [0.15, 0.2) is 18.3 Å². The topological polar surface area (TPSA) is 70.7 Å². The third-order valence-corrected chi connectivity index (χ3v) is 2.34. The Morgan fingerprint density at radius 2 is 2.28 bits per heavy atom. The van der Waals surface area contributed by atoms with Crippen LogP contribution in [-0.4, -0.2) is 21.1 Å². The number of carbonyl (C=O) groups excluding carboxylic acids is 1. The van der Waals surface area contributed by atoms with E-state index in [0.29, 0.717) is 0 Å². The maximum atomic E-state index is 13.3. The van der Waals surface area contributed by atoms with E-state index in [0.717, 1.165) is 24.4 Å². The van der Waals surface area contributed by atoms with E-state index < -0.39 is 23.2 Å². The number of aromatic nitrogens is 3. The number of aromatic amines is 1. The molecule has 0 radical (unpaired) electrons. The van der Waals surface area contributed by atoms with Crippen LogP contribution in [0, 0.1) is 11.8 Å². The summed E-state index contributed by atoms with van der Waals surface area (Å²) < 4.78 is 26.1. The Balaban J connectivity index is 2.19. The first kappa shape index (κ1) is 12.2. The van der Waals surface area contributed by atoms with Crippen LogP contribution in [0.25, 0.3) is 0 Å². The maximum absolute atomic E-state index is 13.3. The molecule has 2 aromatic rings. The third kappa shape index (κ3) is 2.34. The van der Waals surface area contributed by atoms with Crippen molar-refractivity contribution in [2.45, 2.75) is 13.3 Å². The first-order valence-electron chi connectivity index (χ1n) is 5.27. The van der Waals surface area contributed by atoms with E-state index in [1.165, 1.54) is 0 Å². The number of rotatable bonds is 3. The molecule has 94 valence electrons. The largest absolute Gasteiger partial charge is 0.305 e. The average molecular weight is 252 g/mol. The van der Waals surface area contributed by atoms with Gasteiger partial charge < -0.3 is 5.32 Å². The van der Waals surface area contributed by atoms with Gasteiger partial charge >= 0.3 is 0 Å². The Morgan fingerprint density at radius 1 is 1.50 bits per heavy atom. The van der Waals surface area contributed by atoms with Crippen molar-refractivity contribution in [1.82, 2.24) is 15.2 Å². The van der Waals surface area contributed by atoms with Crippen molar-refractivity contribution in [1.29, 1.82) is 0 Å². The van der Waals surface area contributed by atoms with Crippen LogP contribution in [0.3, 0.4) is 0 Å². The van der Waals surface area contributed by atoms with E-state index >= 15 is 0 Å². The van der Waals surface area contributed by atoms with Crippen molar-refractivity contribution in [2.24, 2.45) is 0 Å². The second kappa shape index (κ2) is 4.91. The fraction of sp³-hybridized carbons (Fsp3) is 0.182. The number of carbonyl (C=O) groups is 1. The van der Waals surface area contributed by atoms with Gasteiger partial charge in [0.15, 0.2) is 11.6 Å². The first-order valence-corrected chi connectivity index (χ1v) is 5.27. The highest BCUT2D eigenvalue weighted by Gasteiger charge is 2.16. The molecule has 0 aromatic carbocycles. The van der Waals surface area contributed by atoms with Gasteiger partial charge in [0.2, 0.25) is 5.95 Å². The summed E-state index contributed by atoms with van der Waals surface area (Å²) in [7, 11) is 0. The maximum Gasteiger partial charge on any atom is 0.260 e. The smallest absolute Gasteiger partial charge is 0.260 e. The normalized spacial score (nSPS) is 10.4. The van der Waals surface area contributed by atoms with Crippen LogP contribution in [-0.2, 0) is 6.42 Å². The molecule has 0 saturated heterocycles. The molecule has 0 aliphatic rings. The highest BCUT2D eigenvalue weighted by atomic mass is 19.2. The SMILES string of the molecule is CCc1cc(NC(=O)c2ccnc(F)c2F)n[nH]1. The molecular formula is C11H10F2N4O. The second-order valence-corrected chi connectivity index (χ2v) is 3.55. The van der Waals surface area contributed by atoms with E-state index in [2.05, 4.69) is 20.5 Å². The number of nitrogens with one attached hydrogen (secondary N) is 2. The standard InChI is InChI=1S/C11H10F2N4O/c1-2-6-5-8(17-16-6)15-11(18)7-3-4-14-10(13)9(7)12/h3-5H,2H2,1H3,(H2,15,16,17,18). The number of nitrogens with zero attached hydrogens (tertiary/aromatic N) is 2. The van der Waals surface area contributed by atoms with Crippen LogP contribution in [0.1, 0.15) is 23.0 Å². The van der Waals surface area contributed by atoms with Crippen molar-refractivity contribution in [3.05, 3.63) is 41.4 Å². The van der Waals surface area contributed by atoms with E-state index in [4.69, 9.17) is 0 Å². The number of pyridine rings is 1. The molecule has 2 rings (SSSR count). The molecule has 0 unspecified atom stereocenters. The fourth-order valence-corrected chi connectivity index (χ4v) is 1.38. The molecule has 0 spiro atoms. The lowest BCUT2D eigenvalue weighted by molar-refractivity contribution is 0.102. The second-order valence-electron chi connectivity index (χ2n) is 3.55. The monoisotopic (exact) mass is 252 g/mol. The summed E-state index contributed by atoms with van der Waals surface area (Å²) in [6.45, 7) is 1.91. The quantitative estimate of drug-likeness (QED) is 0.819. The van der Waals surface area contributed by atoms with Gasteiger partial charge in [0.05, 0.1) is 5.56 Å². The fourth-order valence-electron chi connectivity index (χ4n) is 1.38. The van der Waals surface area contributed by atoms with Gasteiger partial charge in [0.25, 0.3) is 5.91 Å². The van der Waals surface area contributed by atoms with Gasteiger partial charge in [-0.1, -0.05) is 6.92 Å². The molecule has 2 heterocycles. The molecule has 0 fully saturated rings. The van der Waals surface area contributed by atoms with Crippen molar-refractivity contribution >= 4 is 11.7 Å². The van der Waals surface area contributed by atoms with Crippen molar-refractivity contribution in [3.8, 4) is 0 Å². The Hall–Kier alpha value is -2.31. The summed E-state index contributed by atoms with van der Waals surface area (Å²) in [6.07, 6.45) is 1.75. The zero-order valence-electron chi connectivity index (χ0n) is 9.50. The summed E-state index contributed by atoms with van der Waals surface area (Å²) in [5.41, 5.74) is 0.412. The minimum absolute atomic E-state index is 0.258. The average Bonchev–Trinajstić information content (AvgIpc) is 2.80. The van der Waals surface area contributed by atoms with Crippen LogP contribution in [0.5, 0.6) is 0 Å². The summed E-state index contributed by atoms with van der Waals surface area (Å²) in [5.74, 6) is -3.10. The van der Waals surface area contributed by atoms with Gasteiger partial charge in [-0.25, -0.2) is 9.37 Å². The van der Waals surface area contributed by atoms with Gasteiger partial charge in [-0.05, 0) is 12.5 Å². The zero-order valence-corrected chi connectivity index (χ0v) is 9.50. The number of aryl methyl sites for hydroxylation is 1. The number of hydrogen-bond donors (Lipinski definition) is 2. The number of H-pyrrole nitrogens is 1. The minimum atomic E-state index is -1.31. The Labute approximate surface area is 101 Å². The van der Waals surface area contributed by atoms with Gasteiger partial charge in [-0.3, -0.25) is 9.89 Å². The van der Waals surface area contributed by atoms with E-state index in [9.17, 15) is 13.6 Å². The predicted octanol–water partition coefficient (Wildman–Crippen LogP) is 1.90.